The summed E-state index contributed by atoms with van der Waals surface area (Å²) < 4.78 is 26.6. The van der Waals surface area contributed by atoms with Gasteiger partial charge in [0.1, 0.15) is 11.6 Å². The molecule has 0 amide bonds. The van der Waals surface area contributed by atoms with Crippen LogP contribution < -0.4 is 5.32 Å². The number of halogens is 2. The van der Waals surface area contributed by atoms with E-state index in [1.54, 1.807) is 0 Å². The molecule has 1 heterocycles. The summed E-state index contributed by atoms with van der Waals surface area (Å²) in [6.45, 7) is 8.96. The quantitative estimate of drug-likeness (QED) is 0.873. The Bertz CT molecular complexity index is 412. The van der Waals surface area contributed by atoms with Gasteiger partial charge in [0.15, 0.2) is 0 Å². The van der Waals surface area contributed by atoms with Gasteiger partial charge in [0, 0.05) is 37.3 Å². The van der Waals surface area contributed by atoms with Gasteiger partial charge in [-0.1, -0.05) is 0 Å². The van der Waals surface area contributed by atoms with Gasteiger partial charge in [0.05, 0.1) is 0 Å². The average molecular weight is 254 g/mol. The fourth-order valence-electron chi connectivity index (χ4n) is 2.71. The van der Waals surface area contributed by atoms with Crippen molar-refractivity contribution in [2.45, 2.75) is 32.4 Å². The van der Waals surface area contributed by atoms with E-state index < -0.39 is 11.6 Å². The monoisotopic (exact) mass is 254 g/mol. The van der Waals surface area contributed by atoms with Crippen molar-refractivity contribution in [2.24, 2.45) is 0 Å². The molecule has 1 unspecified atom stereocenters. The fraction of sp³-hybridized carbons (Fsp3) is 0.571. The zero-order valence-electron chi connectivity index (χ0n) is 11.1. The first-order valence-corrected chi connectivity index (χ1v) is 6.33. The van der Waals surface area contributed by atoms with Crippen LogP contribution in [-0.2, 0) is 0 Å². The molecule has 100 valence electrons. The topological polar surface area (TPSA) is 15.3 Å². The lowest BCUT2D eigenvalue weighted by Gasteiger charge is -2.46. The van der Waals surface area contributed by atoms with Gasteiger partial charge < -0.3 is 5.32 Å². The molecule has 4 heteroatoms. The maximum absolute atomic E-state index is 13.3. The van der Waals surface area contributed by atoms with Crippen LogP contribution in [0.15, 0.2) is 18.2 Å². The summed E-state index contributed by atoms with van der Waals surface area (Å²) in [6, 6.07) is 3.77. The maximum atomic E-state index is 13.3. The van der Waals surface area contributed by atoms with Gasteiger partial charge in [-0.25, -0.2) is 8.78 Å². The van der Waals surface area contributed by atoms with Crippen LogP contribution in [0, 0.1) is 11.6 Å². The summed E-state index contributed by atoms with van der Waals surface area (Å²) in [5.41, 5.74) is 0.683. The van der Waals surface area contributed by atoms with E-state index >= 15 is 0 Å². The molecule has 1 atom stereocenters. The molecule has 0 aliphatic carbocycles. The van der Waals surface area contributed by atoms with Gasteiger partial charge in [0.25, 0.3) is 0 Å². The molecule has 0 saturated carbocycles. The minimum atomic E-state index is -0.509. The third-order valence-electron chi connectivity index (χ3n) is 3.70. The number of nitrogens with zero attached hydrogens (tertiary/aromatic N) is 1. The van der Waals surface area contributed by atoms with Crippen molar-refractivity contribution in [1.29, 1.82) is 0 Å². The molecule has 1 aliphatic heterocycles. The average Bonchev–Trinajstić information content (AvgIpc) is 2.26. The third kappa shape index (κ3) is 2.70. The minimum Gasteiger partial charge on any atom is -0.314 e. The van der Waals surface area contributed by atoms with Crippen molar-refractivity contribution < 1.29 is 8.78 Å². The van der Waals surface area contributed by atoms with Crippen LogP contribution in [-0.4, -0.2) is 30.1 Å². The first-order valence-electron chi connectivity index (χ1n) is 6.33. The van der Waals surface area contributed by atoms with Crippen molar-refractivity contribution in [3.8, 4) is 0 Å². The van der Waals surface area contributed by atoms with E-state index in [-0.39, 0.29) is 11.6 Å². The van der Waals surface area contributed by atoms with Crippen molar-refractivity contribution in [3.63, 3.8) is 0 Å². The molecule has 1 N–H and O–H groups in total. The zero-order valence-corrected chi connectivity index (χ0v) is 11.1. The Morgan fingerprint density at radius 3 is 2.39 bits per heavy atom. The van der Waals surface area contributed by atoms with Crippen LogP contribution >= 0.6 is 0 Å². The molecule has 18 heavy (non-hydrogen) atoms. The van der Waals surface area contributed by atoms with Crippen LogP contribution in [0.2, 0.25) is 0 Å². The fourth-order valence-corrected chi connectivity index (χ4v) is 2.71. The summed E-state index contributed by atoms with van der Waals surface area (Å²) in [5, 5.41) is 3.34. The lowest BCUT2D eigenvalue weighted by Crippen LogP contribution is -2.58. The Labute approximate surface area is 107 Å². The number of hydrogen-bond acceptors (Lipinski definition) is 2. The van der Waals surface area contributed by atoms with Gasteiger partial charge in [-0.3, -0.25) is 4.90 Å². The summed E-state index contributed by atoms with van der Waals surface area (Å²) in [7, 11) is 0. The molecule has 1 saturated heterocycles. The molecule has 1 aromatic rings. The molecular formula is C14H20F2N2. The third-order valence-corrected chi connectivity index (χ3v) is 3.70. The first kappa shape index (κ1) is 13.4. The highest BCUT2D eigenvalue weighted by Crippen LogP contribution is 2.29. The molecule has 0 bridgehead atoms. The number of piperazine rings is 1. The summed E-state index contributed by atoms with van der Waals surface area (Å²) >= 11 is 0. The second-order valence-corrected chi connectivity index (χ2v) is 5.56. The van der Waals surface area contributed by atoms with Crippen LogP contribution in [0.1, 0.15) is 32.4 Å². The van der Waals surface area contributed by atoms with Gasteiger partial charge >= 0.3 is 0 Å². The Hall–Kier alpha value is -1.00. The number of hydrogen-bond donors (Lipinski definition) is 1. The van der Waals surface area contributed by atoms with Crippen molar-refractivity contribution in [3.05, 3.63) is 35.4 Å². The van der Waals surface area contributed by atoms with Gasteiger partial charge in [0.2, 0.25) is 0 Å². The van der Waals surface area contributed by atoms with Crippen molar-refractivity contribution >= 4 is 0 Å². The highest BCUT2D eigenvalue weighted by molar-refractivity contribution is 5.21. The summed E-state index contributed by atoms with van der Waals surface area (Å²) in [5.74, 6) is -1.02. The van der Waals surface area contributed by atoms with Gasteiger partial charge in [-0.2, -0.15) is 0 Å². The lowest BCUT2D eigenvalue weighted by atomic mass is 9.95. The van der Waals surface area contributed by atoms with E-state index in [9.17, 15) is 8.78 Å². The van der Waals surface area contributed by atoms with Crippen LogP contribution in [0.3, 0.4) is 0 Å². The minimum absolute atomic E-state index is 0.00676. The maximum Gasteiger partial charge on any atom is 0.126 e. The number of rotatable bonds is 2. The normalized spacial score (nSPS) is 21.8. The predicted molar refractivity (Wildman–Crippen MR) is 68.4 cm³/mol. The first-order chi connectivity index (χ1) is 8.40. The molecular weight excluding hydrogens is 234 g/mol. The molecule has 2 nitrogen and oxygen atoms in total. The molecule has 1 aromatic carbocycles. The van der Waals surface area contributed by atoms with E-state index in [4.69, 9.17) is 0 Å². The molecule has 0 spiro atoms. The van der Waals surface area contributed by atoms with Crippen molar-refractivity contribution in [1.82, 2.24) is 10.2 Å². The van der Waals surface area contributed by atoms with Crippen LogP contribution in [0.5, 0.6) is 0 Å². The van der Waals surface area contributed by atoms with E-state index in [0.29, 0.717) is 5.56 Å². The van der Waals surface area contributed by atoms with Gasteiger partial charge in [-0.05, 0) is 38.5 Å². The Morgan fingerprint density at radius 1 is 1.22 bits per heavy atom. The molecule has 0 radical (unpaired) electrons. The highest BCUT2D eigenvalue weighted by Gasteiger charge is 2.33. The Balaban J connectivity index is 2.26. The number of benzene rings is 1. The molecule has 2 rings (SSSR count). The molecule has 0 aromatic heterocycles. The smallest absolute Gasteiger partial charge is 0.126 e. The summed E-state index contributed by atoms with van der Waals surface area (Å²) in [4.78, 5) is 2.29. The van der Waals surface area contributed by atoms with Crippen LogP contribution in [0.25, 0.3) is 0 Å². The number of nitrogens with one attached hydrogen (secondary N) is 1. The van der Waals surface area contributed by atoms with Crippen molar-refractivity contribution in [2.75, 3.05) is 19.6 Å². The van der Waals surface area contributed by atoms with E-state index in [2.05, 4.69) is 24.1 Å². The largest absolute Gasteiger partial charge is 0.314 e. The highest BCUT2D eigenvalue weighted by atomic mass is 19.1. The second-order valence-electron chi connectivity index (χ2n) is 5.56. The predicted octanol–water partition coefficient (Wildman–Crippen LogP) is 2.71. The Morgan fingerprint density at radius 2 is 1.83 bits per heavy atom. The molecule has 1 fully saturated rings. The second kappa shape index (κ2) is 4.94. The lowest BCUT2D eigenvalue weighted by molar-refractivity contribution is 0.0514. The standard InChI is InChI=1S/C14H20F2N2/c1-10(11-6-12(15)8-13(16)7-11)18-5-4-17-9-14(18,2)3/h6-8,10,17H,4-5,9H2,1-3H3. The van der Waals surface area contributed by atoms with Crippen LogP contribution in [0.4, 0.5) is 8.78 Å². The van der Waals surface area contributed by atoms with E-state index in [0.717, 1.165) is 25.7 Å². The van der Waals surface area contributed by atoms with Gasteiger partial charge in [-0.15, -0.1) is 0 Å². The SMILES string of the molecule is CC(c1cc(F)cc(F)c1)N1CCNCC1(C)C. The molecule has 1 aliphatic rings. The summed E-state index contributed by atoms with van der Waals surface area (Å²) in [6.07, 6.45) is 0. The Kier molecular flexibility index (Phi) is 3.69. The zero-order chi connectivity index (χ0) is 13.3. The van der Waals surface area contributed by atoms with E-state index in [1.807, 2.05) is 6.92 Å². The van der Waals surface area contributed by atoms with E-state index in [1.165, 1.54) is 12.1 Å².